The van der Waals surface area contributed by atoms with E-state index in [9.17, 15) is 19.2 Å². The van der Waals surface area contributed by atoms with Gasteiger partial charge in [-0.2, -0.15) is 0 Å². The SMILES string of the molecule is CC(=O)Oc1ccc(-c2c(CBr)c3cccc(OC(C)=O)c3oc2=O)c(OC(C)=O)c1. The number of benzene rings is 2. The molecule has 9 heteroatoms. The Labute approximate surface area is 184 Å². The molecule has 0 aliphatic heterocycles. The maximum Gasteiger partial charge on any atom is 0.344 e. The number of hydrogen-bond donors (Lipinski definition) is 0. The predicted octanol–water partition coefficient (Wildman–Crippen LogP) is 4.13. The molecule has 160 valence electrons. The molecule has 3 rings (SSSR count). The molecule has 3 aromatic rings. The first-order chi connectivity index (χ1) is 14.7. The van der Waals surface area contributed by atoms with Crippen molar-refractivity contribution in [2.75, 3.05) is 0 Å². The lowest BCUT2D eigenvalue weighted by Gasteiger charge is -2.15. The number of esters is 3. The van der Waals surface area contributed by atoms with Crippen LogP contribution in [-0.4, -0.2) is 17.9 Å². The van der Waals surface area contributed by atoms with Crippen molar-refractivity contribution in [3.8, 4) is 28.4 Å². The van der Waals surface area contributed by atoms with E-state index in [0.717, 1.165) is 0 Å². The van der Waals surface area contributed by atoms with Crippen molar-refractivity contribution in [1.29, 1.82) is 0 Å². The number of carbonyl (C=O) groups is 3. The Kier molecular flexibility index (Phi) is 6.55. The van der Waals surface area contributed by atoms with Gasteiger partial charge in [0, 0.05) is 43.1 Å². The standard InChI is InChI=1S/C22H17BrO8/c1-11(24)28-14-7-8-16(19(9-14)30-13(3)26)20-17(10-23)15-5-4-6-18(29-12(2)25)21(15)31-22(20)27/h4-9H,10H2,1-3H3. The summed E-state index contributed by atoms with van der Waals surface area (Å²) in [6, 6.07) is 9.20. The highest BCUT2D eigenvalue weighted by atomic mass is 79.9. The third-order valence-electron chi connectivity index (χ3n) is 4.13. The van der Waals surface area contributed by atoms with Gasteiger partial charge in [-0.15, -0.1) is 0 Å². The second-order valence-corrected chi connectivity index (χ2v) is 7.01. The molecule has 1 aromatic heterocycles. The molecule has 0 saturated heterocycles. The first kappa shape index (κ1) is 22.2. The summed E-state index contributed by atoms with van der Waals surface area (Å²) in [6.45, 7) is 3.69. The smallest absolute Gasteiger partial charge is 0.344 e. The number of fused-ring (bicyclic) bond motifs is 1. The van der Waals surface area contributed by atoms with Gasteiger partial charge < -0.3 is 18.6 Å². The normalized spacial score (nSPS) is 10.6. The zero-order valence-corrected chi connectivity index (χ0v) is 18.4. The summed E-state index contributed by atoms with van der Waals surface area (Å²) in [6.07, 6.45) is 0. The third-order valence-corrected chi connectivity index (χ3v) is 4.69. The molecule has 0 spiro atoms. The number of alkyl halides is 1. The number of carbonyl (C=O) groups excluding carboxylic acids is 3. The molecule has 0 amide bonds. The van der Waals surface area contributed by atoms with Crippen LogP contribution in [0.2, 0.25) is 0 Å². The van der Waals surface area contributed by atoms with Crippen molar-refractivity contribution in [3.63, 3.8) is 0 Å². The number of halogens is 1. The average Bonchev–Trinajstić information content (AvgIpc) is 2.67. The van der Waals surface area contributed by atoms with E-state index < -0.39 is 23.5 Å². The highest BCUT2D eigenvalue weighted by Gasteiger charge is 2.22. The van der Waals surface area contributed by atoms with Crippen LogP contribution in [0.5, 0.6) is 17.2 Å². The maximum atomic E-state index is 13.0. The number of rotatable bonds is 5. The van der Waals surface area contributed by atoms with Gasteiger partial charge in [-0.1, -0.05) is 28.1 Å². The average molecular weight is 489 g/mol. The molecule has 0 fully saturated rings. The van der Waals surface area contributed by atoms with Crippen LogP contribution in [0.4, 0.5) is 0 Å². The van der Waals surface area contributed by atoms with Crippen LogP contribution in [0.3, 0.4) is 0 Å². The molecule has 0 radical (unpaired) electrons. The summed E-state index contributed by atoms with van der Waals surface area (Å²) in [5.74, 6) is -1.44. The fourth-order valence-electron chi connectivity index (χ4n) is 3.08. The summed E-state index contributed by atoms with van der Waals surface area (Å²) < 4.78 is 21.0. The van der Waals surface area contributed by atoms with E-state index in [0.29, 0.717) is 10.9 Å². The maximum absolute atomic E-state index is 13.0. The summed E-state index contributed by atoms with van der Waals surface area (Å²) in [5, 5.41) is 0.780. The summed E-state index contributed by atoms with van der Waals surface area (Å²) >= 11 is 3.39. The Morgan fingerprint density at radius 1 is 0.903 bits per heavy atom. The van der Waals surface area contributed by atoms with Gasteiger partial charge in [-0.3, -0.25) is 14.4 Å². The van der Waals surface area contributed by atoms with E-state index in [1.54, 1.807) is 12.1 Å². The van der Waals surface area contributed by atoms with Crippen LogP contribution >= 0.6 is 15.9 Å². The summed E-state index contributed by atoms with van der Waals surface area (Å²) in [4.78, 5) is 47.3. The van der Waals surface area contributed by atoms with Gasteiger partial charge in [0.2, 0.25) is 0 Å². The molecule has 0 unspecified atom stereocenters. The second-order valence-electron chi connectivity index (χ2n) is 6.45. The zero-order valence-electron chi connectivity index (χ0n) is 16.8. The van der Waals surface area contributed by atoms with Crippen molar-refractivity contribution in [2.45, 2.75) is 26.1 Å². The molecule has 0 atom stereocenters. The van der Waals surface area contributed by atoms with Crippen molar-refractivity contribution >= 4 is 44.8 Å². The highest BCUT2D eigenvalue weighted by Crippen LogP contribution is 2.38. The van der Waals surface area contributed by atoms with Gasteiger partial charge in [0.25, 0.3) is 0 Å². The minimum absolute atomic E-state index is 0.0243. The topological polar surface area (TPSA) is 109 Å². The van der Waals surface area contributed by atoms with Crippen LogP contribution in [0.25, 0.3) is 22.1 Å². The first-order valence-corrected chi connectivity index (χ1v) is 10.2. The molecule has 31 heavy (non-hydrogen) atoms. The Hall–Kier alpha value is -3.46. The monoisotopic (exact) mass is 488 g/mol. The van der Waals surface area contributed by atoms with E-state index in [1.807, 2.05) is 0 Å². The number of hydrogen-bond acceptors (Lipinski definition) is 8. The van der Waals surface area contributed by atoms with E-state index in [-0.39, 0.29) is 39.3 Å². The van der Waals surface area contributed by atoms with E-state index >= 15 is 0 Å². The molecule has 0 bridgehead atoms. The van der Waals surface area contributed by atoms with Crippen LogP contribution < -0.4 is 19.8 Å². The molecule has 0 aliphatic rings. The Balaban J connectivity index is 2.30. The number of para-hydroxylation sites is 1. The third kappa shape index (κ3) is 4.83. The van der Waals surface area contributed by atoms with Crippen LogP contribution in [0.1, 0.15) is 26.3 Å². The van der Waals surface area contributed by atoms with E-state index in [1.165, 1.54) is 45.0 Å². The van der Waals surface area contributed by atoms with Crippen LogP contribution in [0.15, 0.2) is 45.6 Å². The van der Waals surface area contributed by atoms with Gasteiger partial charge in [0.05, 0.1) is 5.56 Å². The minimum atomic E-state index is -0.727. The first-order valence-electron chi connectivity index (χ1n) is 9.05. The van der Waals surface area contributed by atoms with Gasteiger partial charge >= 0.3 is 23.5 Å². The summed E-state index contributed by atoms with van der Waals surface area (Å²) in [5.41, 5.74) is 0.347. The Morgan fingerprint density at radius 3 is 2.16 bits per heavy atom. The van der Waals surface area contributed by atoms with Crippen LogP contribution in [0, 0.1) is 0 Å². The number of ether oxygens (including phenoxy) is 3. The molecule has 1 heterocycles. The Bertz CT molecular complexity index is 1260. The minimum Gasteiger partial charge on any atom is -0.427 e. The van der Waals surface area contributed by atoms with Gasteiger partial charge in [-0.05, 0) is 23.8 Å². The molecular weight excluding hydrogens is 472 g/mol. The largest absolute Gasteiger partial charge is 0.427 e. The molecule has 0 aliphatic carbocycles. The van der Waals surface area contributed by atoms with Gasteiger partial charge in [0.15, 0.2) is 11.3 Å². The van der Waals surface area contributed by atoms with Crippen molar-refractivity contribution in [1.82, 2.24) is 0 Å². The predicted molar refractivity (Wildman–Crippen MR) is 114 cm³/mol. The lowest BCUT2D eigenvalue weighted by molar-refractivity contribution is -0.133. The highest BCUT2D eigenvalue weighted by molar-refractivity contribution is 9.08. The second kappa shape index (κ2) is 9.13. The van der Waals surface area contributed by atoms with Crippen molar-refractivity contribution in [2.24, 2.45) is 0 Å². The van der Waals surface area contributed by atoms with Gasteiger partial charge in [0.1, 0.15) is 11.5 Å². The lowest BCUT2D eigenvalue weighted by atomic mass is 9.98. The fraction of sp³-hybridized carbons (Fsp3) is 0.182. The van der Waals surface area contributed by atoms with Crippen molar-refractivity contribution < 1.29 is 33.0 Å². The molecule has 0 N–H and O–H groups in total. The molecular formula is C22H17BrO8. The van der Waals surface area contributed by atoms with E-state index in [4.69, 9.17) is 18.6 Å². The van der Waals surface area contributed by atoms with Gasteiger partial charge in [-0.25, -0.2) is 4.79 Å². The Morgan fingerprint density at radius 2 is 1.55 bits per heavy atom. The lowest BCUT2D eigenvalue weighted by Crippen LogP contribution is -2.11. The summed E-state index contributed by atoms with van der Waals surface area (Å²) in [7, 11) is 0. The molecule has 0 saturated carbocycles. The van der Waals surface area contributed by atoms with Crippen LogP contribution in [-0.2, 0) is 19.7 Å². The molecule has 8 nitrogen and oxygen atoms in total. The molecule has 2 aromatic carbocycles. The fourth-order valence-corrected chi connectivity index (χ4v) is 3.67. The quantitative estimate of drug-likeness (QED) is 0.228. The zero-order chi connectivity index (χ0) is 22.7. The van der Waals surface area contributed by atoms with E-state index in [2.05, 4.69) is 15.9 Å². The van der Waals surface area contributed by atoms with Crippen molar-refractivity contribution in [3.05, 3.63) is 52.4 Å².